The normalized spacial score (nSPS) is 10.3. The molecule has 6 nitrogen and oxygen atoms in total. The first-order chi connectivity index (χ1) is 8.58. The molecule has 2 N–H and O–H groups in total. The molecule has 0 bridgehead atoms. The smallest absolute Gasteiger partial charge is 0.335 e. The Hall–Kier alpha value is -1.42. The van der Waals surface area contributed by atoms with E-state index in [-0.39, 0.29) is 11.1 Å². The maximum absolute atomic E-state index is 11.4. The van der Waals surface area contributed by atoms with E-state index in [0.717, 1.165) is 11.8 Å². The summed E-state index contributed by atoms with van der Waals surface area (Å²) >= 11 is 3.03. The highest BCUT2D eigenvalue weighted by Gasteiger charge is 2.10. The summed E-state index contributed by atoms with van der Waals surface area (Å²) in [4.78, 5) is 32.7. The van der Waals surface area contributed by atoms with Crippen molar-refractivity contribution in [2.45, 2.75) is 10.1 Å². The standard InChI is InChI=1S/C10H6IN3O3S/c11-7-8(15)13-4-14-9(7)18-6-3-5(10(16)17)1-2-12-6/h1-4H,(H,16,17)(H,13,14,15). The first kappa shape index (κ1) is 13.0. The maximum atomic E-state index is 11.4. The van der Waals surface area contributed by atoms with Gasteiger partial charge in [-0.1, -0.05) is 0 Å². The highest BCUT2D eigenvalue weighted by molar-refractivity contribution is 14.1. The number of halogens is 1. The fourth-order valence-electron chi connectivity index (χ4n) is 1.14. The molecule has 0 spiro atoms. The first-order valence-corrected chi connectivity index (χ1v) is 6.58. The van der Waals surface area contributed by atoms with Crippen LogP contribution in [0.15, 0.2) is 39.5 Å². The van der Waals surface area contributed by atoms with Crippen LogP contribution in [0.25, 0.3) is 0 Å². The summed E-state index contributed by atoms with van der Waals surface area (Å²) in [5.74, 6) is -1.02. The number of aromatic carboxylic acids is 1. The SMILES string of the molecule is O=C(O)c1ccnc(Sc2nc[nH]c(=O)c2I)c1. The predicted molar refractivity (Wildman–Crippen MR) is 72.9 cm³/mol. The Balaban J connectivity index is 2.34. The van der Waals surface area contributed by atoms with Gasteiger partial charge in [0.25, 0.3) is 5.56 Å². The van der Waals surface area contributed by atoms with Crippen molar-refractivity contribution < 1.29 is 9.90 Å². The highest BCUT2D eigenvalue weighted by atomic mass is 127. The summed E-state index contributed by atoms with van der Waals surface area (Å²) in [7, 11) is 0. The molecule has 92 valence electrons. The predicted octanol–water partition coefficient (Wildman–Crippen LogP) is 1.62. The molecule has 0 unspecified atom stereocenters. The van der Waals surface area contributed by atoms with Crippen molar-refractivity contribution in [1.82, 2.24) is 15.0 Å². The van der Waals surface area contributed by atoms with Crippen LogP contribution in [-0.4, -0.2) is 26.0 Å². The first-order valence-electron chi connectivity index (χ1n) is 4.68. The van der Waals surface area contributed by atoms with Crippen molar-refractivity contribution in [1.29, 1.82) is 0 Å². The summed E-state index contributed by atoms with van der Waals surface area (Å²) in [6.45, 7) is 0. The Kier molecular flexibility index (Phi) is 3.97. The van der Waals surface area contributed by atoms with Crippen molar-refractivity contribution in [3.05, 3.63) is 44.1 Å². The van der Waals surface area contributed by atoms with Gasteiger partial charge in [-0.05, 0) is 46.5 Å². The van der Waals surface area contributed by atoms with E-state index in [1.807, 2.05) is 22.6 Å². The molecule has 18 heavy (non-hydrogen) atoms. The second kappa shape index (κ2) is 5.48. The Morgan fingerprint density at radius 3 is 2.94 bits per heavy atom. The highest BCUT2D eigenvalue weighted by Crippen LogP contribution is 2.26. The van der Waals surface area contributed by atoms with E-state index in [1.54, 1.807) is 0 Å². The topological polar surface area (TPSA) is 95.9 Å². The average Bonchev–Trinajstić information content (AvgIpc) is 2.35. The number of carboxylic acids is 1. The van der Waals surface area contributed by atoms with Crippen LogP contribution in [0.1, 0.15) is 10.4 Å². The summed E-state index contributed by atoms with van der Waals surface area (Å²) in [6, 6.07) is 2.84. The lowest BCUT2D eigenvalue weighted by atomic mass is 10.3. The second-order valence-corrected chi connectivity index (χ2v) is 5.23. The van der Waals surface area contributed by atoms with Crippen LogP contribution in [0.3, 0.4) is 0 Å². The molecule has 2 rings (SSSR count). The Morgan fingerprint density at radius 1 is 1.44 bits per heavy atom. The van der Waals surface area contributed by atoms with Gasteiger partial charge in [0.15, 0.2) is 0 Å². The molecule has 0 aliphatic rings. The number of hydrogen-bond donors (Lipinski definition) is 2. The fraction of sp³-hybridized carbons (Fsp3) is 0. The number of hydrogen-bond acceptors (Lipinski definition) is 5. The van der Waals surface area contributed by atoms with E-state index in [4.69, 9.17) is 5.11 Å². The second-order valence-electron chi connectivity index (χ2n) is 3.14. The summed E-state index contributed by atoms with van der Waals surface area (Å²) < 4.78 is 0.447. The van der Waals surface area contributed by atoms with Crippen LogP contribution in [0.4, 0.5) is 0 Å². The number of pyridine rings is 1. The van der Waals surface area contributed by atoms with E-state index < -0.39 is 5.97 Å². The van der Waals surface area contributed by atoms with Crippen LogP contribution >= 0.6 is 34.4 Å². The van der Waals surface area contributed by atoms with Gasteiger partial charge in [-0.15, -0.1) is 0 Å². The summed E-state index contributed by atoms with van der Waals surface area (Å²) in [6.07, 6.45) is 2.71. The molecular formula is C10H6IN3O3S. The Bertz CT molecular complexity index is 659. The number of carboxylic acid groups (broad SMARTS) is 1. The molecule has 0 saturated carbocycles. The minimum absolute atomic E-state index is 0.146. The lowest BCUT2D eigenvalue weighted by Gasteiger charge is -2.02. The monoisotopic (exact) mass is 375 g/mol. The number of nitrogens with zero attached hydrogens (tertiary/aromatic N) is 2. The van der Waals surface area contributed by atoms with Gasteiger partial charge in [0.2, 0.25) is 0 Å². The molecule has 0 atom stereocenters. The van der Waals surface area contributed by atoms with Crippen LogP contribution in [0.5, 0.6) is 0 Å². The molecule has 2 aromatic heterocycles. The van der Waals surface area contributed by atoms with Crippen LogP contribution in [0, 0.1) is 3.57 Å². The van der Waals surface area contributed by atoms with Gasteiger partial charge in [0, 0.05) is 6.20 Å². The van der Waals surface area contributed by atoms with E-state index >= 15 is 0 Å². The zero-order valence-corrected chi connectivity index (χ0v) is 11.7. The minimum atomic E-state index is -1.02. The molecule has 0 aromatic carbocycles. The van der Waals surface area contributed by atoms with Gasteiger partial charge < -0.3 is 10.1 Å². The van der Waals surface area contributed by atoms with Gasteiger partial charge >= 0.3 is 5.97 Å². The van der Waals surface area contributed by atoms with E-state index in [1.165, 1.54) is 24.7 Å². The number of aromatic nitrogens is 3. The molecule has 0 aliphatic carbocycles. The van der Waals surface area contributed by atoms with E-state index in [9.17, 15) is 9.59 Å². The average molecular weight is 375 g/mol. The third kappa shape index (κ3) is 2.88. The lowest BCUT2D eigenvalue weighted by molar-refractivity contribution is 0.0696. The fourth-order valence-corrected chi connectivity index (χ4v) is 2.55. The number of carbonyl (C=O) groups is 1. The molecular weight excluding hydrogens is 369 g/mol. The van der Waals surface area contributed by atoms with Crippen molar-refractivity contribution in [2.75, 3.05) is 0 Å². The Labute approximate surface area is 119 Å². The zero-order chi connectivity index (χ0) is 13.1. The molecule has 0 amide bonds. The van der Waals surface area contributed by atoms with E-state index in [0.29, 0.717) is 13.6 Å². The lowest BCUT2D eigenvalue weighted by Crippen LogP contribution is -2.11. The summed E-state index contributed by atoms with van der Waals surface area (Å²) in [5, 5.41) is 9.84. The van der Waals surface area contributed by atoms with Crippen molar-refractivity contribution in [3.63, 3.8) is 0 Å². The van der Waals surface area contributed by atoms with Gasteiger partial charge in [-0.2, -0.15) is 0 Å². The van der Waals surface area contributed by atoms with Crippen LogP contribution < -0.4 is 5.56 Å². The minimum Gasteiger partial charge on any atom is -0.478 e. The maximum Gasteiger partial charge on any atom is 0.335 e. The number of rotatable bonds is 3. The largest absolute Gasteiger partial charge is 0.478 e. The van der Waals surface area contributed by atoms with Crippen molar-refractivity contribution in [2.24, 2.45) is 0 Å². The molecule has 8 heteroatoms. The molecule has 0 aliphatic heterocycles. The van der Waals surface area contributed by atoms with Gasteiger partial charge in [0.05, 0.1) is 11.9 Å². The van der Waals surface area contributed by atoms with Gasteiger partial charge in [-0.25, -0.2) is 14.8 Å². The number of nitrogens with one attached hydrogen (secondary N) is 1. The molecule has 0 saturated heterocycles. The summed E-state index contributed by atoms with van der Waals surface area (Å²) in [5.41, 5.74) is -0.0881. The molecule has 2 aromatic rings. The quantitative estimate of drug-likeness (QED) is 0.625. The Morgan fingerprint density at radius 2 is 2.22 bits per heavy atom. The van der Waals surface area contributed by atoms with Crippen LogP contribution in [-0.2, 0) is 0 Å². The third-order valence-corrected chi connectivity index (χ3v) is 4.25. The number of aromatic amines is 1. The van der Waals surface area contributed by atoms with Crippen molar-refractivity contribution in [3.8, 4) is 0 Å². The van der Waals surface area contributed by atoms with Gasteiger partial charge in [-0.3, -0.25) is 4.79 Å². The van der Waals surface area contributed by atoms with Gasteiger partial charge in [0.1, 0.15) is 13.6 Å². The van der Waals surface area contributed by atoms with E-state index in [2.05, 4.69) is 15.0 Å². The molecule has 2 heterocycles. The number of H-pyrrole nitrogens is 1. The van der Waals surface area contributed by atoms with Crippen LogP contribution in [0.2, 0.25) is 0 Å². The molecule has 0 radical (unpaired) electrons. The third-order valence-electron chi connectivity index (χ3n) is 1.95. The molecule has 0 fully saturated rings. The van der Waals surface area contributed by atoms with Crippen molar-refractivity contribution >= 4 is 40.3 Å². The zero-order valence-electron chi connectivity index (χ0n) is 8.75.